The monoisotopic (exact) mass is 269 g/mol. The number of unbranched alkanes of at least 4 members (excludes halogenated alkanes) is 1. The van der Waals surface area contributed by atoms with E-state index in [1.807, 2.05) is 0 Å². The van der Waals surface area contributed by atoms with E-state index in [0.29, 0.717) is 10.0 Å². The lowest BCUT2D eigenvalue weighted by atomic mass is 10.3. The molecule has 92 valence electrons. The molecule has 0 fully saturated rings. The average Bonchev–Trinajstić information content (AvgIpc) is 2.37. The molecule has 1 aromatic heterocycles. The van der Waals surface area contributed by atoms with Crippen LogP contribution in [-0.4, -0.2) is 21.0 Å². The Hall–Kier alpha value is -1.14. The summed E-state index contributed by atoms with van der Waals surface area (Å²) in [5, 5.41) is 0. The minimum atomic E-state index is -0.288. The fourth-order valence-corrected chi connectivity index (χ4v) is 2.06. The molecule has 1 aromatic rings. The quantitative estimate of drug-likeness (QED) is 0.498. The number of rotatable bonds is 4. The summed E-state index contributed by atoms with van der Waals surface area (Å²) < 4.78 is 0.572. The Labute approximate surface area is 111 Å². The second-order valence-corrected chi connectivity index (χ2v) is 5.06. The number of carbonyl (C=O) groups is 1. The number of nitrogens with zero attached hydrogens (tertiary/aromatic N) is 1. The fraction of sp³-hybridized carbons (Fsp3) is 0.364. The molecule has 0 saturated carbocycles. The van der Waals surface area contributed by atoms with Gasteiger partial charge < -0.3 is 0 Å². The van der Waals surface area contributed by atoms with Gasteiger partial charge in [-0.1, -0.05) is 43.4 Å². The average molecular weight is 269 g/mol. The highest BCUT2D eigenvalue weighted by atomic mass is 32.2. The highest BCUT2D eigenvalue weighted by Gasteiger charge is 2.05. The molecule has 0 spiro atoms. The maximum Gasteiger partial charge on any atom is 0.288 e. The first-order chi connectivity index (χ1) is 8.24. The number of aromatic nitrogens is 1. The molecular formula is C11H15N3OS2. The Morgan fingerprint density at radius 3 is 2.94 bits per heavy atom. The van der Waals surface area contributed by atoms with E-state index in [1.54, 1.807) is 24.4 Å². The number of hydrogen-bond donors (Lipinski definition) is 2. The van der Waals surface area contributed by atoms with Gasteiger partial charge in [-0.05, 0) is 18.6 Å². The third-order valence-electron chi connectivity index (χ3n) is 1.91. The normalized spacial score (nSPS) is 9.71. The van der Waals surface area contributed by atoms with Crippen molar-refractivity contribution in [3.05, 3.63) is 30.1 Å². The zero-order chi connectivity index (χ0) is 12.5. The van der Waals surface area contributed by atoms with Crippen molar-refractivity contribution in [1.29, 1.82) is 0 Å². The van der Waals surface area contributed by atoms with Crippen LogP contribution in [-0.2, 0) is 0 Å². The van der Waals surface area contributed by atoms with Crippen LogP contribution in [0, 0.1) is 0 Å². The lowest BCUT2D eigenvalue weighted by molar-refractivity contribution is 0.0939. The van der Waals surface area contributed by atoms with Crippen LogP contribution < -0.4 is 10.9 Å². The van der Waals surface area contributed by atoms with Crippen LogP contribution in [0.5, 0.6) is 0 Å². The number of hydrazine groups is 1. The molecule has 2 N–H and O–H groups in total. The first-order valence-corrected chi connectivity index (χ1v) is 6.77. The van der Waals surface area contributed by atoms with Gasteiger partial charge in [-0.15, -0.1) is 0 Å². The van der Waals surface area contributed by atoms with Crippen LogP contribution in [0.25, 0.3) is 0 Å². The van der Waals surface area contributed by atoms with E-state index in [2.05, 4.69) is 22.8 Å². The van der Waals surface area contributed by atoms with Crippen LogP contribution in [0.2, 0.25) is 0 Å². The summed E-state index contributed by atoms with van der Waals surface area (Å²) in [6, 6.07) is 5.16. The SMILES string of the molecule is CCCCSC(=S)NNC(=O)c1ccccn1. The summed E-state index contributed by atoms with van der Waals surface area (Å²) in [6.45, 7) is 2.12. The minimum Gasteiger partial charge on any atom is -0.283 e. The largest absolute Gasteiger partial charge is 0.288 e. The van der Waals surface area contributed by atoms with Gasteiger partial charge in [0.05, 0.1) is 0 Å². The Balaban J connectivity index is 2.26. The van der Waals surface area contributed by atoms with Crippen LogP contribution in [0.15, 0.2) is 24.4 Å². The van der Waals surface area contributed by atoms with Crippen LogP contribution in [0.4, 0.5) is 0 Å². The van der Waals surface area contributed by atoms with Crippen molar-refractivity contribution in [1.82, 2.24) is 15.8 Å². The third-order valence-corrected chi connectivity index (χ3v) is 3.22. The van der Waals surface area contributed by atoms with Crippen molar-refractivity contribution in [2.45, 2.75) is 19.8 Å². The second kappa shape index (κ2) is 8.03. The Morgan fingerprint density at radius 2 is 2.29 bits per heavy atom. The van der Waals surface area contributed by atoms with Gasteiger partial charge >= 0.3 is 0 Å². The number of thiocarbonyl (C=S) groups is 1. The lowest BCUT2D eigenvalue weighted by Crippen LogP contribution is -2.40. The smallest absolute Gasteiger partial charge is 0.283 e. The second-order valence-electron chi connectivity index (χ2n) is 3.28. The van der Waals surface area contributed by atoms with E-state index in [-0.39, 0.29) is 5.91 Å². The molecule has 0 aromatic carbocycles. The van der Waals surface area contributed by atoms with Gasteiger partial charge in [0.2, 0.25) is 0 Å². The van der Waals surface area contributed by atoms with E-state index in [4.69, 9.17) is 12.2 Å². The van der Waals surface area contributed by atoms with Gasteiger partial charge in [-0.2, -0.15) is 0 Å². The summed E-state index contributed by atoms with van der Waals surface area (Å²) in [6.07, 6.45) is 3.82. The molecule has 4 nitrogen and oxygen atoms in total. The number of amides is 1. The van der Waals surface area contributed by atoms with Gasteiger partial charge in [0.25, 0.3) is 5.91 Å². The Morgan fingerprint density at radius 1 is 1.47 bits per heavy atom. The summed E-state index contributed by atoms with van der Waals surface area (Å²) >= 11 is 6.58. The van der Waals surface area contributed by atoms with E-state index in [1.165, 1.54) is 11.8 Å². The molecule has 0 atom stereocenters. The van der Waals surface area contributed by atoms with Gasteiger partial charge in [-0.3, -0.25) is 20.6 Å². The molecule has 0 aliphatic carbocycles. The predicted molar refractivity (Wildman–Crippen MR) is 74.8 cm³/mol. The highest BCUT2D eigenvalue weighted by molar-refractivity contribution is 8.22. The molecular weight excluding hydrogens is 254 g/mol. The van der Waals surface area contributed by atoms with Crippen molar-refractivity contribution < 1.29 is 4.79 Å². The van der Waals surface area contributed by atoms with Gasteiger partial charge in [0.1, 0.15) is 5.69 Å². The van der Waals surface area contributed by atoms with Crippen molar-refractivity contribution in [3.63, 3.8) is 0 Å². The maximum atomic E-state index is 11.6. The summed E-state index contributed by atoms with van der Waals surface area (Å²) in [5.41, 5.74) is 5.57. The highest BCUT2D eigenvalue weighted by Crippen LogP contribution is 2.04. The molecule has 1 heterocycles. The van der Waals surface area contributed by atoms with Crippen LogP contribution >= 0.6 is 24.0 Å². The van der Waals surface area contributed by atoms with E-state index < -0.39 is 0 Å². The van der Waals surface area contributed by atoms with Gasteiger partial charge in [-0.25, -0.2) is 0 Å². The van der Waals surface area contributed by atoms with Gasteiger partial charge in [0, 0.05) is 11.9 Å². The number of pyridine rings is 1. The number of nitrogens with one attached hydrogen (secondary N) is 2. The molecule has 1 rings (SSSR count). The Kier molecular flexibility index (Phi) is 6.57. The number of thioether (sulfide) groups is 1. The molecule has 17 heavy (non-hydrogen) atoms. The van der Waals surface area contributed by atoms with Crippen molar-refractivity contribution in [2.24, 2.45) is 0 Å². The minimum absolute atomic E-state index is 0.288. The molecule has 0 radical (unpaired) electrons. The number of carbonyl (C=O) groups excluding carboxylic acids is 1. The molecule has 0 saturated heterocycles. The molecule has 6 heteroatoms. The zero-order valence-corrected chi connectivity index (χ0v) is 11.2. The van der Waals surface area contributed by atoms with Crippen molar-refractivity contribution in [3.8, 4) is 0 Å². The predicted octanol–water partition coefficient (Wildman–Crippen LogP) is 2.13. The topological polar surface area (TPSA) is 54.0 Å². The fourth-order valence-electron chi connectivity index (χ4n) is 1.01. The van der Waals surface area contributed by atoms with Gasteiger partial charge in [0.15, 0.2) is 4.32 Å². The van der Waals surface area contributed by atoms with Crippen LogP contribution in [0.3, 0.4) is 0 Å². The van der Waals surface area contributed by atoms with E-state index in [9.17, 15) is 4.79 Å². The van der Waals surface area contributed by atoms with Crippen molar-refractivity contribution >= 4 is 34.2 Å². The summed E-state index contributed by atoms with van der Waals surface area (Å²) in [7, 11) is 0. The molecule has 1 amide bonds. The first-order valence-electron chi connectivity index (χ1n) is 5.38. The van der Waals surface area contributed by atoms with E-state index >= 15 is 0 Å². The Bertz CT molecular complexity index is 370. The third kappa shape index (κ3) is 5.65. The standard InChI is InChI=1S/C11H15N3OS2/c1-2-3-8-17-11(16)14-13-10(15)9-6-4-5-7-12-9/h4-7H,2-3,8H2,1H3,(H,13,15)(H,14,16). The van der Waals surface area contributed by atoms with Crippen molar-refractivity contribution in [2.75, 3.05) is 5.75 Å². The number of hydrogen-bond acceptors (Lipinski definition) is 4. The van der Waals surface area contributed by atoms with E-state index in [0.717, 1.165) is 18.6 Å². The summed E-state index contributed by atoms with van der Waals surface area (Å²) in [4.78, 5) is 15.5. The maximum absolute atomic E-state index is 11.6. The first kappa shape index (κ1) is 13.9. The summed E-state index contributed by atoms with van der Waals surface area (Å²) in [5.74, 6) is 0.672. The molecule has 0 aliphatic rings. The lowest BCUT2D eigenvalue weighted by Gasteiger charge is -2.08. The van der Waals surface area contributed by atoms with Crippen LogP contribution in [0.1, 0.15) is 30.3 Å². The molecule has 0 unspecified atom stereocenters. The zero-order valence-electron chi connectivity index (χ0n) is 9.60. The molecule has 0 aliphatic heterocycles. The molecule has 0 bridgehead atoms.